The highest BCUT2D eigenvalue weighted by Gasteiger charge is 2.38. The molecule has 108 valence electrons. The van der Waals surface area contributed by atoms with Crippen molar-refractivity contribution >= 4 is 34.7 Å². The molecule has 2 rings (SSSR count). The van der Waals surface area contributed by atoms with Crippen LogP contribution in [0.25, 0.3) is 5.57 Å². The summed E-state index contributed by atoms with van der Waals surface area (Å²) in [5.41, 5.74) is -1.37. The van der Waals surface area contributed by atoms with E-state index in [1.54, 1.807) is 0 Å². The van der Waals surface area contributed by atoms with Gasteiger partial charge in [0.2, 0.25) is 0 Å². The third kappa shape index (κ3) is 2.47. The third-order valence-corrected chi connectivity index (χ3v) is 3.68. The standard InChI is InChI=1S/C13H11Cl2F2NO2/c1-18-12(19)8-4-13(5-16,6-17)20-11-3-10(15)9(14)2-7(8)11/h2-4H,5-6H2,1H3,(H,18,19). The van der Waals surface area contributed by atoms with Gasteiger partial charge < -0.3 is 10.1 Å². The van der Waals surface area contributed by atoms with Gasteiger partial charge in [-0.05, 0) is 12.1 Å². The van der Waals surface area contributed by atoms with Crippen LogP contribution in [0.2, 0.25) is 10.0 Å². The average molecular weight is 322 g/mol. The molecule has 7 heteroatoms. The monoisotopic (exact) mass is 321 g/mol. The Balaban J connectivity index is 2.65. The average Bonchev–Trinajstić information content (AvgIpc) is 2.47. The van der Waals surface area contributed by atoms with Crippen LogP contribution >= 0.6 is 23.2 Å². The van der Waals surface area contributed by atoms with E-state index in [0.717, 1.165) is 6.08 Å². The number of hydrogen-bond donors (Lipinski definition) is 1. The lowest BCUT2D eigenvalue weighted by molar-refractivity contribution is -0.115. The normalized spacial score (nSPS) is 15.9. The molecule has 0 spiro atoms. The van der Waals surface area contributed by atoms with Crippen molar-refractivity contribution in [1.29, 1.82) is 0 Å². The second-order valence-electron chi connectivity index (χ2n) is 4.33. The number of carbonyl (C=O) groups is 1. The van der Waals surface area contributed by atoms with E-state index in [9.17, 15) is 13.6 Å². The van der Waals surface area contributed by atoms with Gasteiger partial charge in [-0.15, -0.1) is 0 Å². The molecule has 0 unspecified atom stereocenters. The summed E-state index contributed by atoms with van der Waals surface area (Å²) in [5.74, 6) is -0.366. The van der Waals surface area contributed by atoms with Gasteiger partial charge in [-0.2, -0.15) is 0 Å². The van der Waals surface area contributed by atoms with Crippen LogP contribution in [0.1, 0.15) is 5.56 Å². The molecule has 1 heterocycles. The predicted octanol–water partition coefficient (Wildman–Crippen LogP) is 3.19. The maximum absolute atomic E-state index is 13.1. The van der Waals surface area contributed by atoms with E-state index in [4.69, 9.17) is 27.9 Å². The van der Waals surface area contributed by atoms with Crippen molar-refractivity contribution in [2.75, 3.05) is 20.4 Å². The molecule has 1 aliphatic heterocycles. The van der Waals surface area contributed by atoms with Crippen molar-refractivity contribution < 1.29 is 18.3 Å². The molecule has 0 atom stereocenters. The van der Waals surface area contributed by atoms with E-state index in [2.05, 4.69) is 5.32 Å². The van der Waals surface area contributed by atoms with Crippen molar-refractivity contribution in [2.45, 2.75) is 5.60 Å². The maximum Gasteiger partial charge on any atom is 0.251 e. The summed E-state index contributed by atoms with van der Waals surface area (Å²) >= 11 is 11.8. The van der Waals surface area contributed by atoms with Crippen molar-refractivity contribution in [1.82, 2.24) is 5.32 Å². The quantitative estimate of drug-likeness (QED) is 0.928. The number of fused-ring (bicyclic) bond motifs is 1. The van der Waals surface area contributed by atoms with Gasteiger partial charge in [0.25, 0.3) is 5.91 Å². The zero-order valence-electron chi connectivity index (χ0n) is 10.5. The highest BCUT2D eigenvalue weighted by atomic mass is 35.5. The van der Waals surface area contributed by atoms with Gasteiger partial charge in [-0.25, -0.2) is 8.78 Å². The Morgan fingerprint density at radius 2 is 1.90 bits per heavy atom. The molecule has 1 aromatic carbocycles. The molecule has 20 heavy (non-hydrogen) atoms. The molecule has 0 aliphatic carbocycles. The molecule has 0 saturated heterocycles. The Kier molecular flexibility index (Phi) is 4.20. The van der Waals surface area contributed by atoms with Gasteiger partial charge in [0, 0.05) is 18.7 Å². The Hall–Kier alpha value is -1.33. The van der Waals surface area contributed by atoms with Crippen LogP contribution < -0.4 is 10.1 Å². The van der Waals surface area contributed by atoms with Crippen molar-refractivity contribution in [3.63, 3.8) is 0 Å². The minimum atomic E-state index is -1.81. The maximum atomic E-state index is 13.1. The molecule has 1 aliphatic rings. The number of halogens is 4. The summed E-state index contributed by atoms with van der Waals surface area (Å²) in [6, 6.07) is 2.77. The summed E-state index contributed by atoms with van der Waals surface area (Å²) in [6.07, 6.45) is 1.14. The number of alkyl halides is 2. The first kappa shape index (κ1) is 15.1. The van der Waals surface area contributed by atoms with Crippen molar-refractivity contribution in [3.8, 4) is 5.75 Å². The van der Waals surface area contributed by atoms with Crippen LogP contribution in [0.15, 0.2) is 18.2 Å². The second kappa shape index (κ2) is 5.58. The Morgan fingerprint density at radius 3 is 2.45 bits per heavy atom. The fourth-order valence-electron chi connectivity index (χ4n) is 1.90. The lowest BCUT2D eigenvalue weighted by Crippen LogP contribution is -2.42. The van der Waals surface area contributed by atoms with Gasteiger partial charge in [0.05, 0.1) is 15.6 Å². The molecular formula is C13H11Cl2F2NO2. The van der Waals surface area contributed by atoms with E-state index in [0.29, 0.717) is 5.56 Å². The topological polar surface area (TPSA) is 38.3 Å². The predicted molar refractivity (Wildman–Crippen MR) is 73.8 cm³/mol. The lowest BCUT2D eigenvalue weighted by Gasteiger charge is -2.32. The minimum absolute atomic E-state index is 0.0996. The SMILES string of the molecule is CNC(=O)C1=CC(CF)(CF)Oc2cc(Cl)c(Cl)cc21. The first-order chi connectivity index (χ1) is 9.46. The number of amides is 1. The molecule has 3 nitrogen and oxygen atoms in total. The van der Waals surface area contributed by atoms with E-state index < -0.39 is 24.9 Å². The smallest absolute Gasteiger partial charge is 0.251 e. The Labute approximate surface area is 124 Å². The number of benzene rings is 1. The molecular weight excluding hydrogens is 311 g/mol. The summed E-state index contributed by atoms with van der Waals surface area (Å²) in [5, 5.41) is 2.81. The van der Waals surface area contributed by atoms with Gasteiger partial charge in [0.15, 0.2) is 5.60 Å². The van der Waals surface area contributed by atoms with Gasteiger partial charge in [0.1, 0.15) is 19.1 Å². The van der Waals surface area contributed by atoms with E-state index in [1.165, 1.54) is 19.2 Å². The largest absolute Gasteiger partial charge is 0.477 e. The third-order valence-electron chi connectivity index (χ3n) is 2.96. The number of rotatable bonds is 3. The molecule has 1 N–H and O–H groups in total. The lowest BCUT2D eigenvalue weighted by atomic mass is 9.93. The van der Waals surface area contributed by atoms with Gasteiger partial charge in [-0.3, -0.25) is 4.79 Å². The van der Waals surface area contributed by atoms with Crippen molar-refractivity contribution in [3.05, 3.63) is 33.8 Å². The van der Waals surface area contributed by atoms with Crippen LogP contribution in [0.4, 0.5) is 8.78 Å². The van der Waals surface area contributed by atoms with Crippen molar-refractivity contribution in [2.24, 2.45) is 0 Å². The Morgan fingerprint density at radius 1 is 1.30 bits per heavy atom. The van der Waals surface area contributed by atoms with Gasteiger partial charge >= 0.3 is 0 Å². The molecule has 1 aromatic rings. The van der Waals surface area contributed by atoms with Gasteiger partial charge in [-0.1, -0.05) is 23.2 Å². The fourth-order valence-corrected chi connectivity index (χ4v) is 2.22. The summed E-state index contributed by atoms with van der Waals surface area (Å²) < 4.78 is 31.6. The van der Waals surface area contributed by atoms with E-state index in [-0.39, 0.29) is 21.4 Å². The van der Waals surface area contributed by atoms with Crippen LogP contribution in [0.5, 0.6) is 5.75 Å². The summed E-state index contributed by atoms with van der Waals surface area (Å²) in [6.45, 7) is -2.21. The van der Waals surface area contributed by atoms with Crippen LogP contribution in [-0.4, -0.2) is 31.9 Å². The number of nitrogens with one attached hydrogen (secondary N) is 1. The first-order valence-corrected chi connectivity index (χ1v) is 6.47. The second-order valence-corrected chi connectivity index (χ2v) is 5.15. The van der Waals surface area contributed by atoms with E-state index >= 15 is 0 Å². The molecule has 0 saturated carbocycles. The fraction of sp³-hybridized carbons (Fsp3) is 0.308. The zero-order chi connectivity index (χ0) is 14.9. The highest BCUT2D eigenvalue weighted by molar-refractivity contribution is 6.42. The molecule has 0 fully saturated rings. The van der Waals surface area contributed by atoms with Crippen LogP contribution in [0, 0.1) is 0 Å². The van der Waals surface area contributed by atoms with E-state index in [1.807, 2.05) is 0 Å². The molecule has 1 amide bonds. The molecule has 0 aromatic heterocycles. The van der Waals surface area contributed by atoms with Crippen LogP contribution in [0.3, 0.4) is 0 Å². The number of carbonyl (C=O) groups excluding carboxylic acids is 1. The molecule has 0 bridgehead atoms. The number of likely N-dealkylation sites (N-methyl/N-ethyl adjacent to an activating group) is 1. The Bertz CT molecular complexity index is 586. The summed E-state index contributed by atoms with van der Waals surface area (Å²) in [4.78, 5) is 11.9. The zero-order valence-corrected chi connectivity index (χ0v) is 12.0. The summed E-state index contributed by atoms with van der Waals surface area (Å²) in [7, 11) is 1.42. The number of hydrogen-bond acceptors (Lipinski definition) is 2. The highest BCUT2D eigenvalue weighted by Crippen LogP contribution is 2.41. The van der Waals surface area contributed by atoms with Crippen LogP contribution in [-0.2, 0) is 4.79 Å². The number of ether oxygens (including phenoxy) is 1. The molecule has 0 radical (unpaired) electrons. The minimum Gasteiger partial charge on any atom is -0.477 e. The first-order valence-electron chi connectivity index (χ1n) is 5.71.